The number of rotatable bonds is 6. The number of nitrogens with zero attached hydrogens (tertiary/aromatic N) is 3. The number of ether oxygens (including phenoxy) is 1. The van der Waals surface area contributed by atoms with E-state index in [9.17, 15) is 4.79 Å². The van der Waals surface area contributed by atoms with Crippen LogP contribution in [0.15, 0.2) is 71.9 Å². The van der Waals surface area contributed by atoms with E-state index in [1.807, 2.05) is 13.0 Å². The predicted octanol–water partition coefficient (Wildman–Crippen LogP) is 6.76. The van der Waals surface area contributed by atoms with E-state index in [1.165, 1.54) is 18.2 Å². The van der Waals surface area contributed by atoms with Gasteiger partial charge in [0.15, 0.2) is 0 Å². The van der Waals surface area contributed by atoms with Gasteiger partial charge in [-0.3, -0.25) is 4.99 Å². The van der Waals surface area contributed by atoms with Crippen LogP contribution in [0, 0.1) is 5.82 Å². The van der Waals surface area contributed by atoms with Gasteiger partial charge in [0.1, 0.15) is 11.6 Å². The molecule has 0 bridgehead atoms. The molecule has 0 saturated heterocycles. The number of aromatic carboxylic acids is 1. The van der Waals surface area contributed by atoms with E-state index in [1.54, 1.807) is 42.6 Å². The number of nitrogens with one attached hydrogen (secondary N) is 1. The van der Waals surface area contributed by atoms with Gasteiger partial charge in [0.25, 0.3) is 0 Å². The first kappa shape index (κ1) is 25.8. The summed E-state index contributed by atoms with van der Waals surface area (Å²) in [7, 11) is 0. The topological polar surface area (TPSA) is 96.7 Å². The summed E-state index contributed by atoms with van der Waals surface area (Å²) in [6.45, 7) is 2.44. The summed E-state index contributed by atoms with van der Waals surface area (Å²) in [5.74, 6) is -0.737. The molecule has 1 aliphatic rings. The van der Waals surface area contributed by atoms with Gasteiger partial charge in [-0.15, -0.1) is 0 Å². The lowest BCUT2D eigenvalue weighted by Crippen LogP contribution is -2.10. The zero-order valence-corrected chi connectivity index (χ0v) is 19.9. The van der Waals surface area contributed by atoms with Crippen molar-refractivity contribution in [2.75, 3.05) is 11.9 Å². The molecule has 3 aromatic carbocycles. The number of fused-ring (bicyclic) bond motifs is 3. The minimum absolute atomic E-state index is 0. The third-order valence-electron chi connectivity index (χ3n) is 5.66. The molecule has 0 fully saturated rings. The first-order valence-corrected chi connectivity index (χ1v) is 11.5. The molecule has 5 rings (SSSR count). The molecule has 7 nitrogen and oxygen atoms in total. The van der Waals surface area contributed by atoms with Gasteiger partial charge < -0.3 is 15.2 Å². The molecule has 188 valence electrons. The fourth-order valence-corrected chi connectivity index (χ4v) is 4.21. The zero-order chi connectivity index (χ0) is 25.2. The number of carboxylic acids is 1. The van der Waals surface area contributed by atoms with Crippen molar-refractivity contribution in [3.05, 3.63) is 100.0 Å². The normalized spacial score (nSPS) is 11.8. The maximum Gasteiger partial charge on any atom is 0.335 e. The Morgan fingerprint density at radius 2 is 1.92 bits per heavy atom. The highest BCUT2D eigenvalue weighted by Crippen LogP contribution is 2.36. The van der Waals surface area contributed by atoms with Gasteiger partial charge in [-0.25, -0.2) is 19.2 Å². The molecule has 2 N–H and O–H groups in total. The lowest BCUT2D eigenvalue weighted by Gasteiger charge is -2.15. The van der Waals surface area contributed by atoms with Crippen LogP contribution in [0.5, 0.6) is 5.75 Å². The number of hydrogen-bond acceptors (Lipinski definition) is 6. The molecule has 0 saturated carbocycles. The third kappa shape index (κ3) is 5.15. The summed E-state index contributed by atoms with van der Waals surface area (Å²) >= 11 is 6.36. The number of aliphatic imine (C=N–C) groups is 1. The molecule has 0 atom stereocenters. The van der Waals surface area contributed by atoms with Gasteiger partial charge in [0.2, 0.25) is 5.95 Å². The molecular weight excluding hydrogens is 495 g/mol. The average Bonchev–Trinajstić information content (AvgIpc) is 3.01. The fourth-order valence-electron chi connectivity index (χ4n) is 4.03. The Hall–Kier alpha value is -4.30. The van der Waals surface area contributed by atoms with Crippen LogP contribution in [-0.4, -0.2) is 33.4 Å². The number of benzene rings is 3. The van der Waals surface area contributed by atoms with E-state index < -0.39 is 11.8 Å². The SMILES string of the molecule is C.CCOc1cccc(F)c1C1=NCc2cnc(Nc3ccc(C(=O)O)cc3)nc2-c2ccc(Cl)cc21. The molecule has 0 unspecified atom stereocenters. The summed E-state index contributed by atoms with van der Waals surface area (Å²) in [5, 5.41) is 12.7. The molecule has 4 aromatic rings. The number of aromatic nitrogens is 2. The third-order valence-corrected chi connectivity index (χ3v) is 5.90. The van der Waals surface area contributed by atoms with Crippen molar-refractivity contribution in [2.45, 2.75) is 20.9 Å². The number of halogens is 2. The molecule has 37 heavy (non-hydrogen) atoms. The van der Waals surface area contributed by atoms with Crippen molar-refractivity contribution >= 4 is 34.9 Å². The van der Waals surface area contributed by atoms with Gasteiger partial charge in [-0.2, -0.15) is 0 Å². The van der Waals surface area contributed by atoms with Crippen molar-refractivity contribution in [1.82, 2.24) is 9.97 Å². The fraction of sp³-hybridized carbons (Fsp3) is 0.143. The monoisotopic (exact) mass is 518 g/mol. The molecule has 1 aromatic heterocycles. The van der Waals surface area contributed by atoms with Crippen LogP contribution in [0.25, 0.3) is 11.3 Å². The Kier molecular flexibility index (Phi) is 7.50. The molecule has 0 radical (unpaired) electrons. The lowest BCUT2D eigenvalue weighted by molar-refractivity contribution is 0.0697. The zero-order valence-electron chi connectivity index (χ0n) is 19.1. The Balaban J connectivity index is 0.00000320. The molecule has 0 spiro atoms. The number of hydrogen-bond donors (Lipinski definition) is 2. The van der Waals surface area contributed by atoms with E-state index in [0.29, 0.717) is 46.0 Å². The quantitative estimate of drug-likeness (QED) is 0.292. The summed E-state index contributed by atoms with van der Waals surface area (Å²) < 4.78 is 20.8. The molecule has 2 heterocycles. The van der Waals surface area contributed by atoms with Gasteiger partial charge in [-0.05, 0) is 55.5 Å². The van der Waals surface area contributed by atoms with Crippen molar-refractivity contribution in [2.24, 2.45) is 4.99 Å². The second-order valence-corrected chi connectivity index (χ2v) is 8.41. The van der Waals surface area contributed by atoms with Crippen LogP contribution in [0.2, 0.25) is 5.02 Å². The maximum absolute atomic E-state index is 15.1. The van der Waals surface area contributed by atoms with Crippen LogP contribution in [-0.2, 0) is 6.54 Å². The first-order chi connectivity index (χ1) is 17.4. The van der Waals surface area contributed by atoms with Crippen molar-refractivity contribution < 1.29 is 19.0 Å². The molecule has 9 heteroatoms. The summed E-state index contributed by atoms with van der Waals surface area (Å²) in [4.78, 5) is 25.0. The molecular formula is C28H24ClFN4O3. The summed E-state index contributed by atoms with van der Waals surface area (Å²) in [6, 6.07) is 16.3. The minimum atomic E-state index is -1.00. The smallest absolute Gasteiger partial charge is 0.335 e. The Morgan fingerprint density at radius 3 is 2.65 bits per heavy atom. The molecule has 1 aliphatic heterocycles. The second kappa shape index (κ2) is 10.8. The van der Waals surface area contributed by atoms with E-state index in [0.717, 1.165) is 11.1 Å². The number of anilines is 2. The van der Waals surface area contributed by atoms with Crippen LogP contribution >= 0.6 is 11.6 Å². The van der Waals surface area contributed by atoms with Crippen LogP contribution in [0.3, 0.4) is 0 Å². The van der Waals surface area contributed by atoms with Crippen molar-refractivity contribution in [3.8, 4) is 17.0 Å². The Morgan fingerprint density at radius 1 is 1.14 bits per heavy atom. The van der Waals surface area contributed by atoms with Crippen LogP contribution < -0.4 is 10.1 Å². The van der Waals surface area contributed by atoms with Gasteiger partial charge in [-0.1, -0.05) is 31.2 Å². The molecule has 0 aliphatic carbocycles. The Bertz CT molecular complexity index is 1510. The Labute approximate surface area is 218 Å². The molecule has 0 amide bonds. The van der Waals surface area contributed by atoms with E-state index in [2.05, 4.69) is 10.3 Å². The highest BCUT2D eigenvalue weighted by molar-refractivity contribution is 6.31. The van der Waals surface area contributed by atoms with Crippen molar-refractivity contribution in [1.29, 1.82) is 0 Å². The predicted molar refractivity (Wildman–Crippen MR) is 143 cm³/mol. The lowest BCUT2D eigenvalue weighted by atomic mass is 9.94. The van der Waals surface area contributed by atoms with E-state index >= 15 is 4.39 Å². The van der Waals surface area contributed by atoms with Crippen LogP contribution in [0.4, 0.5) is 16.0 Å². The standard InChI is InChI=1S/C27H20ClFN4O3.CH4/c1-2-36-22-5-3-4-21(29)23(22)25-20-12-17(28)8-11-19(20)24-16(13-30-25)14-31-27(33-24)32-18-9-6-15(7-10-18)26(34)35;/h3-12,14H,2,13H2,1H3,(H,34,35)(H,31,32,33);1H4. The number of carbonyl (C=O) groups is 1. The van der Waals surface area contributed by atoms with E-state index in [4.69, 9.17) is 31.4 Å². The summed E-state index contributed by atoms with van der Waals surface area (Å²) in [5.41, 5.74) is 4.24. The van der Waals surface area contributed by atoms with Gasteiger partial charge in [0.05, 0.1) is 35.7 Å². The maximum atomic E-state index is 15.1. The highest BCUT2D eigenvalue weighted by Gasteiger charge is 2.25. The number of carboxylic acid groups (broad SMARTS) is 1. The van der Waals surface area contributed by atoms with Gasteiger partial charge in [0, 0.05) is 33.6 Å². The van der Waals surface area contributed by atoms with Crippen LogP contribution in [0.1, 0.15) is 41.4 Å². The average molecular weight is 519 g/mol. The van der Waals surface area contributed by atoms with Crippen molar-refractivity contribution in [3.63, 3.8) is 0 Å². The summed E-state index contributed by atoms with van der Waals surface area (Å²) in [6.07, 6.45) is 1.67. The van der Waals surface area contributed by atoms with Gasteiger partial charge >= 0.3 is 5.97 Å². The minimum Gasteiger partial charge on any atom is -0.493 e. The highest BCUT2D eigenvalue weighted by atomic mass is 35.5. The largest absolute Gasteiger partial charge is 0.493 e. The van der Waals surface area contributed by atoms with E-state index in [-0.39, 0.29) is 25.1 Å². The second-order valence-electron chi connectivity index (χ2n) is 7.98. The first-order valence-electron chi connectivity index (χ1n) is 11.2.